The summed E-state index contributed by atoms with van der Waals surface area (Å²) in [5, 5.41) is 0.473. The van der Waals surface area contributed by atoms with Crippen molar-refractivity contribution in [1.82, 2.24) is 0 Å². The molecule has 0 spiro atoms. The van der Waals surface area contributed by atoms with E-state index < -0.39 is 6.67 Å². The van der Waals surface area contributed by atoms with Crippen molar-refractivity contribution < 1.29 is 9.18 Å². The van der Waals surface area contributed by atoms with Crippen molar-refractivity contribution in [2.75, 3.05) is 5.88 Å². The number of alkyl halides is 2. The lowest BCUT2D eigenvalue weighted by molar-refractivity contribution is -0.116. The van der Waals surface area contributed by atoms with Gasteiger partial charge in [-0.3, -0.25) is 4.79 Å². The lowest BCUT2D eigenvalue weighted by atomic mass is 10.1. The molecule has 0 amide bonds. The zero-order valence-corrected chi connectivity index (χ0v) is 8.91. The fraction of sp³-hybridized carbons (Fsp3) is 0.300. The molecular weight excluding hydrogens is 226 g/mol. The van der Waals surface area contributed by atoms with Gasteiger partial charge in [0.25, 0.3) is 0 Å². The summed E-state index contributed by atoms with van der Waals surface area (Å²) in [7, 11) is 0. The first-order valence-electron chi connectivity index (χ1n) is 4.08. The van der Waals surface area contributed by atoms with E-state index in [0.717, 1.165) is 0 Å². The molecular formula is C10H9Cl2FO. The molecule has 0 bridgehead atoms. The number of carbonyl (C=O) groups excluding carboxylic acids is 1. The number of carbonyl (C=O) groups is 1. The van der Waals surface area contributed by atoms with Crippen LogP contribution in [0.25, 0.3) is 0 Å². The molecule has 76 valence electrons. The van der Waals surface area contributed by atoms with Gasteiger partial charge in [-0.15, -0.1) is 11.6 Å². The first kappa shape index (κ1) is 11.5. The minimum atomic E-state index is -0.556. The van der Waals surface area contributed by atoms with Crippen LogP contribution in [-0.4, -0.2) is 11.7 Å². The summed E-state index contributed by atoms with van der Waals surface area (Å²) in [5.41, 5.74) is 1.15. The monoisotopic (exact) mass is 234 g/mol. The van der Waals surface area contributed by atoms with E-state index in [4.69, 9.17) is 23.2 Å². The molecule has 0 radical (unpaired) electrons. The van der Waals surface area contributed by atoms with E-state index in [2.05, 4.69) is 0 Å². The molecule has 1 aromatic rings. The molecule has 0 aliphatic carbocycles. The second kappa shape index (κ2) is 5.32. The zero-order valence-electron chi connectivity index (χ0n) is 7.40. The molecule has 0 saturated heterocycles. The van der Waals surface area contributed by atoms with Gasteiger partial charge in [0.05, 0.1) is 5.88 Å². The maximum atomic E-state index is 12.3. The molecule has 0 N–H and O–H groups in total. The number of Topliss-reactive ketones (excluding diaryl/α,β-unsaturated/α-hetero) is 1. The summed E-state index contributed by atoms with van der Waals surface area (Å²) in [5.74, 6) is -0.166. The average Bonchev–Trinajstić information content (AvgIpc) is 2.21. The Bertz CT molecular complexity index is 339. The summed E-state index contributed by atoms with van der Waals surface area (Å²) in [6.07, 6.45) is 0.163. The summed E-state index contributed by atoms with van der Waals surface area (Å²) in [6, 6.07) is 4.77. The summed E-state index contributed by atoms with van der Waals surface area (Å²) < 4.78 is 12.3. The van der Waals surface area contributed by atoms with Gasteiger partial charge >= 0.3 is 0 Å². The Morgan fingerprint density at radius 2 is 2.14 bits per heavy atom. The fourth-order valence-electron chi connectivity index (χ4n) is 1.11. The Balaban J connectivity index is 2.89. The lowest BCUT2D eigenvalue weighted by Gasteiger charge is -2.03. The molecule has 0 aromatic heterocycles. The number of ketones is 1. The van der Waals surface area contributed by atoms with Gasteiger partial charge < -0.3 is 0 Å². The second-order valence-electron chi connectivity index (χ2n) is 2.91. The maximum Gasteiger partial charge on any atom is 0.152 e. The van der Waals surface area contributed by atoms with Crippen LogP contribution in [0.3, 0.4) is 0 Å². The predicted octanol–water partition coefficient (Wildman–Crippen LogP) is 3.16. The predicted molar refractivity (Wildman–Crippen MR) is 55.7 cm³/mol. The molecule has 0 fully saturated rings. The molecule has 0 aliphatic rings. The zero-order chi connectivity index (χ0) is 10.6. The van der Waals surface area contributed by atoms with Crippen LogP contribution in [0.2, 0.25) is 5.02 Å². The van der Waals surface area contributed by atoms with Crippen molar-refractivity contribution in [3.05, 3.63) is 34.3 Å². The SMILES string of the molecule is O=C(CCl)Cc1cc(CF)ccc1Cl. The maximum absolute atomic E-state index is 12.3. The fourth-order valence-corrected chi connectivity index (χ4v) is 1.39. The first-order valence-corrected chi connectivity index (χ1v) is 4.99. The highest BCUT2D eigenvalue weighted by atomic mass is 35.5. The minimum Gasteiger partial charge on any atom is -0.298 e. The van der Waals surface area contributed by atoms with E-state index in [-0.39, 0.29) is 18.1 Å². The third-order valence-electron chi connectivity index (χ3n) is 1.80. The molecule has 1 aromatic carbocycles. The van der Waals surface area contributed by atoms with Gasteiger partial charge in [0.1, 0.15) is 6.67 Å². The van der Waals surface area contributed by atoms with Crippen LogP contribution in [0.1, 0.15) is 11.1 Å². The Kier molecular flexibility index (Phi) is 4.36. The Labute approximate surface area is 91.8 Å². The van der Waals surface area contributed by atoms with Crippen LogP contribution in [-0.2, 0) is 17.9 Å². The molecule has 4 heteroatoms. The summed E-state index contributed by atoms with van der Waals surface area (Å²) in [6.45, 7) is -0.556. The van der Waals surface area contributed by atoms with E-state index in [1.165, 1.54) is 0 Å². The number of halogens is 3. The van der Waals surface area contributed by atoms with Crippen LogP contribution in [0.5, 0.6) is 0 Å². The van der Waals surface area contributed by atoms with E-state index in [0.29, 0.717) is 16.1 Å². The highest BCUT2D eigenvalue weighted by Crippen LogP contribution is 2.19. The van der Waals surface area contributed by atoms with Crippen molar-refractivity contribution in [2.45, 2.75) is 13.1 Å². The highest BCUT2D eigenvalue weighted by molar-refractivity contribution is 6.32. The topological polar surface area (TPSA) is 17.1 Å². The average molecular weight is 235 g/mol. The van der Waals surface area contributed by atoms with Crippen LogP contribution in [0.4, 0.5) is 4.39 Å². The molecule has 1 rings (SSSR count). The Hall–Kier alpha value is -0.600. The van der Waals surface area contributed by atoms with Crippen molar-refractivity contribution >= 4 is 29.0 Å². The highest BCUT2D eigenvalue weighted by Gasteiger charge is 2.07. The summed E-state index contributed by atoms with van der Waals surface area (Å²) in [4.78, 5) is 11.0. The van der Waals surface area contributed by atoms with Crippen LogP contribution < -0.4 is 0 Å². The van der Waals surface area contributed by atoms with Crippen molar-refractivity contribution in [3.63, 3.8) is 0 Å². The molecule has 0 atom stereocenters. The number of benzene rings is 1. The number of rotatable bonds is 4. The molecule has 0 heterocycles. The van der Waals surface area contributed by atoms with Gasteiger partial charge in [0, 0.05) is 11.4 Å². The third kappa shape index (κ3) is 2.96. The molecule has 14 heavy (non-hydrogen) atoms. The summed E-state index contributed by atoms with van der Waals surface area (Å²) >= 11 is 11.2. The van der Waals surface area contributed by atoms with Crippen LogP contribution in [0, 0.1) is 0 Å². The van der Waals surface area contributed by atoms with E-state index in [9.17, 15) is 9.18 Å². The Morgan fingerprint density at radius 3 is 2.71 bits per heavy atom. The second-order valence-corrected chi connectivity index (χ2v) is 3.58. The van der Waals surface area contributed by atoms with Crippen LogP contribution >= 0.6 is 23.2 Å². The number of hydrogen-bond acceptors (Lipinski definition) is 1. The largest absolute Gasteiger partial charge is 0.298 e. The van der Waals surface area contributed by atoms with Crippen molar-refractivity contribution in [3.8, 4) is 0 Å². The normalized spacial score (nSPS) is 10.2. The van der Waals surface area contributed by atoms with Crippen molar-refractivity contribution in [2.24, 2.45) is 0 Å². The van der Waals surface area contributed by atoms with E-state index in [1.54, 1.807) is 18.2 Å². The quantitative estimate of drug-likeness (QED) is 0.732. The molecule has 0 saturated carbocycles. The third-order valence-corrected chi connectivity index (χ3v) is 2.47. The number of hydrogen-bond donors (Lipinski definition) is 0. The minimum absolute atomic E-state index is 0.0455. The van der Waals surface area contributed by atoms with E-state index >= 15 is 0 Å². The van der Waals surface area contributed by atoms with Gasteiger partial charge in [-0.1, -0.05) is 23.7 Å². The van der Waals surface area contributed by atoms with Crippen molar-refractivity contribution in [1.29, 1.82) is 0 Å². The van der Waals surface area contributed by atoms with Gasteiger partial charge in [0.15, 0.2) is 5.78 Å². The molecule has 0 aliphatic heterocycles. The van der Waals surface area contributed by atoms with Gasteiger partial charge in [-0.25, -0.2) is 4.39 Å². The molecule has 1 nitrogen and oxygen atoms in total. The standard InChI is InChI=1S/C10H9Cl2FO/c11-5-9(14)4-8-3-7(6-13)1-2-10(8)12/h1-3H,4-6H2. The van der Waals surface area contributed by atoms with Gasteiger partial charge in [-0.2, -0.15) is 0 Å². The van der Waals surface area contributed by atoms with Gasteiger partial charge in [0.2, 0.25) is 0 Å². The van der Waals surface area contributed by atoms with E-state index in [1.807, 2.05) is 0 Å². The smallest absolute Gasteiger partial charge is 0.152 e. The molecule has 0 unspecified atom stereocenters. The van der Waals surface area contributed by atoms with Gasteiger partial charge in [-0.05, 0) is 17.2 Å². The first-order chi connectivity index (χ1) is 6.67. The lowest BCUT2D eigenvalue weighted by Crippen LogP contribution is -2.04. The Morgan fingerprint density at radius 1 is 1.43 bits per heavy atom. The van der Waals surface area contributed by atoms with Crippen LogP contribution in [0.15, 0.2) is 18.2 Å².